The Bertz CT molecular complexity index is 432. The van der Waals surface area contributed by atoms with Gasteiger partial charge in [0.25, 0.3) is 0 Å². The van der Waals surface area contributed by atoms with Crippen molar-refractivity contribution in [3.8, 4) is 0 Å². The van der Waals surface area contributed by atoms with Crippen LogP contribution in [0.15, 0.2) is 24.3 Å². The average molecular weight is 327 g/mol. The first kappa shape index (κ1) is 20.4. The van der Waals surface area contributed by atoms with Gasteiger partial charge in [-0.15, -0.1) is 0 Å². The first-order chi connectivity index (χ1) is 10.1. The SMILES string of the molecule is CC/C=C\C/C=C\CCC(=O)CC(=O)N[C@H]1CCOC1=O.S. The molecular weight excluding hydrogens is 302 g/mol. The summed E-state index contributed by atoms with van der Waals surface area (Å²) in [6, 6.07) is -0.587. The number of carbonyl (C=O) groups is 3. The molecule has 22 heavy (non-hydrogen) atoms. The number of cyclic esters (lactones) is 1. The van der Waals surface area contributed by atoms with Crippen molar-refractivity contribution in [3.63, 3.8) is 0 Å². The predicted octanol–water partition coefficient (Wildman–Crippen LogP) is 2.18. The van der Waals surface area contributed by atoms with Gasteiger partial charge < -0.3 is 10.1 Å². The van der Waals surface area contributed by atoms with E-state index in [9.17, 15) is 14.4 Å². The zero-order chi connectivity index (χ0) is 15.5. The van der Waals surface area contributed by atoms with Gasteiger partial charge in [0.2, 0.25) is 5.91 Å². The standard InChI is InChI=1S/C16H23NO4.H2S/c1-2-3-4-5-6-7-8-9-13(18)12-15(19)17-14-10-11-21-16(14)20;/h3-4,6-7,14H,2,5,8-12H2,1H3,(H,17,19);1H2/b4-3-,7-6-;/t14-;/m0./s1. The lowest BCUT2D eigenvalue weighted by Crippen LogP contribution is -2.38. The number of hydrogen-bond acceptors (Lipinski definition) is 4. The number of esters is 1. The summed E-state index contributed by atoms with van der Waals surface area (Å²) < 4.78 is 4.74. The van der Waals surface area contributed by atoms with Gasteiger partial charge in [0.1, 0.15) is 11.8 Å². The molecule has 0 aromatic carbocycles. The number of nitrogens with one attached hydrogen (secondary N) is 1. The molecule has 1 amide bonds. The number of ketones is 1. The summed E-state index contributed by atoms with van der Waals surface area (Å²) in [4.78, 5) is 34.4. The van der Waals surface area contributed by atoms with Crippen LogP contribution in [0.2, 0.25) is 0 Å². The molecule has 1 fully saturated rings. The Balaban J connectivity index is 0.00000441. The molecule has 0 aromatic heterocycles. The zero-order valence-corrected chi connectivity index (χ0v) is 14.0. The summed E-state index contributed by atoms with van der Waals surface area (Å²) in [5, 5.41) is 2.52. The number of rotatable bonds is 9. The van der Waals surface area contributed by atoms with E-state index in [1.807, 2.05) is 12.2 Å². The summed E-state index contributed by atoms with van der Waals surface area (Å²) in [5.41, 5.74) is 0. The minimum Gasteiger partial charge on any atom is -0.464 e. The molecule has 1 heterocycles. The van der Waals surface area contributed by atoms with Crippen LogP contribution in [-0.2, 0) is 19.1 Å². The Morgan fingerprint density at radius 3 is 2.64 bits per heavy atom. The van der Waals surface area contributed by atoms with Crippen LogP contribution in [0.5, 0.6) is 0 Å². The second-order valence-corrected chi connectivity index (χ2v) is 4.92. The number of ether oxygens (including phenoxy) is 1. The molecule has 1 atom stereocenters. The molecule has 124 valence electrons. The van der Waals surface area contributed by atoms with Crippen molar-refractivity contribution >= 4 is 31.2 Å². The highest BCUT2D eigenvalue weighted by Gasteiger charge is 2.28. The number of carbonyl (C=O) groups excluding carboxylic acids is 3. The van der Waals surface area contributed by atoms with E-state index < -0.39 is 17.9 Å². The molecule has 0 aliphatic carbocycles. The van der Waals surface area contributed by atoms with Crippen LogP contribution in [-0.4, -0.2) is 30.3 Å². The second-order valence-electron chi connectivity index (χ2n) is 4.92. The van der Waals surface area contributed by atoms with Gasteiger partial charge in [-0.2, -0.15) is 13.5 Å². The maximum absolute atomic E-state index is 11.6. The topological polar surface area (TPSA) is 72.5 Å². The number of amides is 1. The lowest BCUT2D eigenvalue weighted by molar-refractivity contribution is -0.142. The van der Waals surface area contributed by atoms with E-state index in [2.05, 4.69) is 24.4 Å². The van der Waals surface area contributed by atoms with Gasteiger partial charge >= 0.3 is 5.97 Å². The first-order valence-electron chi connectivity index (χ1n) is 7.41. The Morgan fingerprint density at radius 2 is 2.00 bits per heavy atom. The third kappa shape index (κ3) is 8.67. The highest BCUT2D eigenvalue weighted by atomic mass is 32.1. The smallest absolute Gasteiger partial charge is 0.328 e. The molecular formula is C16H25NO4S. The lowest BCUT2D eigenvalue weighted by atomic mass is 10.1. The van der Waals surface area contributed by atoms with Crippen LogP contribution < -0.4 is 5.32 Å². The van der Waals surface area contributed by atoms with Crippen LogP contribution >= 0.6 is 13.5 Å². The zero-order valence-electron chi connectivity index (χ0n) is 13.0. The third-order valence-corrected chi connectivity index (χ3v) is 3.06. The van der Waals surface area contributed by atoms with Gasteiger partial charge in [-0.25, -0.2) is 4.79 Å². The van der Waals surface area contributed by atoms with Crippen LogP contribution in [0.4, 0.5) is 0 Å². The van der Waals surface area contributed by atoms with Gasteiger partial charge in [0.15, 0.2) is 0 Å². The highest BCUT2D eigenvalue weighted by molar-refractivity contribution is 7.59. The van der Waals surface area contributed by atoms with Gasteiger partial charge in [0, 0.05) is 12.8 Å². The maximum atomic E-state index is 11.6. The summed E-state index contributed by atoms with van der Waals surface area (Å²) in [6.45, 7) is 2.41. The normalized spacial score (nSPS) is 17.5. The second kappa shape index (κ2) is 12.0. The Hall–Kier alpha value is -1.56. The molecule has 0 spiro atoms. The fraction of sp³-hybridized carbons (Fsp3) is 0.562. The van der Waals surface area contributed by atoms with E-state index >= 15 is 0 Å². The largest absolute Gasteiger partial charge is 0.464 e. The molecule has 0 saturated carbocycles. The minimum absolute atomic E-state index is 0. The van der Waals surface area contributed by atoms with E-state index in [1.165, 1.54) is 0 Å². The molecule has 0 bridgehead atoms. The average Bonchev–Trinajstić information content (AvgIpc) is 2.83. The molecule has 6 heteroatoms. The lowest BCUT2D eigenvalue weighted by Gasteiger charge is -2.07. The number of allylic oxidation sites excluding steroid dienone is 4. The fourth-order valence-corrected chi connectivity index (χ4v) is 1.94. The van der Waals surface area contributed by atoms with Crippen LogP contribution in [0.1, 0.15) is 45.4 Å². The fourth-order valence-electron chi connectivity index (χ4n) is 1.94. The molecule has 5 nitrogen and oxygen atoms in total. The van der Waals surface area contributed by atoms with Crippen LogP contribution in [0.3, 0.4) is 0 Å². The van der Waals surface area contributed by atoms with Crippen molar-refractivity contribution in [1.29, 1.82) is 0 Å². The van der Waals surface area contributed by atoms with Crippen molar-refractivity contribution in [3.05, 3.63) is 24.3 Å². The molecule has 0 unspecified atom stereocenters. The van der Waals surface area contributed by atoms with Crippen molar-refractivity contribution in [2.45, 2.75) is 51.5 Å². The van der Waals surface area contributed by atoms with E-state index in [-0.39, 0.29) is 25.7 Å². The third-order valence-electron chi connectivity index (χ3n) is 3.06. The molecule has 1 saturated heterocycles. The first-order valence-corrected chi connectivity index (χ1v) is 7.41. The number of hydrogen-bond donors (Lipinski definition) is 1. The predicted molar refractivity (Wildman–Crippen MR) is 89.9 cm³/mol. The minimum atomic E-state index is -0.587. The molecule has 1 N–H and O–H groups in total. The van der Waals surface area contributed by atoms with Gasteiger partial charge in [-0.05, 0) is 19.3 Å². The van der Waals surface area contributed by atoms with Crippen molar-refractivity contribution < 1.29 is 19.1 Å². The van der Waals surface area contributed by atoms with Gasteiger partial charge in [0.05, 0.1) is 13.0 Å². The van der Waals surface area contributed by atoms with E-state index in [4.69, 9.17) is 4.74 Å². The van der Waals surface area contributed by atoms with E-state index in [1.54, 1.807) is 0 Å². The molecule has 0 aromatic rings. The monoisotopic (exact) mass is 327 g/mol. The molecule has 1 aliphatic rings. The summed E-state index contributed by atoms with van der Waals surface area (Å²) in [5.74, 6) is -0.940. The van der Waals surface area contributed by atoms with Crippen molar-refractivity contribution in [2.75, 3.05) is 6.61 Å². The summed E-state index contributed by atoms with van der Waals surface area (Å²) >= 11 is 0. The Morgan fingerprint density at radius 1 is 1.27 bits per heavy atom. The Labute approximate surface area is 138 Å². The quantitative estimate of drug-likeness (QED) is 0.400. The van der Waals surface area contributed by atoms with Gasteiger partial charge in [-0.3, -0.25) is 9.59 Å². The van der Waals surface area contributed by atoms with E-state index in [0.717, 1.165) is 12.8 Å². The maximum Gasteiger partial charge on any atom is 0.328 e. The van der Waals surface area contributed by atoms with Crippen LogP contribution in [0, 0.1) is 0 Å². The molecule has 1 aliphatic heterocycles. The molecule has 0 radical (unpaired) electrons. The van der Waals surface area contributed by atoms with Gasteiger partial charge in [-0.1, -0.05) is 31.2 Å². The summed E-state index contributed by atoms with van der Waals surface area (Å²) in [6.07, 6.45) is 11.3. The Kier molecular flexibility index (Phi) is 11.2. The van der Waals surface area contributed by atoms with Crippen molar-refractivity contribution in [2.24, 2.45) is 0 Å². The molecule has 1 rings (SSSR count). The highest BCUT2D eigenvalue weighted by Crippen LogP contribution is 2.06. The summed E-state index contributed by atoms with van der Waals surface area (Å²) in [7, 11) is 0. The van der Waals surface area contributed by atoms with Crippen molar-refractivity contribution in [1.82, 2.24) is 5.32 Å². The number of Topliss-reactive ketones (excluding diaryl/α,β-unsaturated/α-hetero) is 1. The van der Waals surface area contributed by atoms with E-state index in [0.29, 0.717) is 25.9 Å². The van der Waals surface area contributed by atoms with Crippen LogP contribution in [0.25, 0.3) is 0 Å².